The molecule has 0 saturated carbocycles. The van der Waals surface area contributed by atoms with Crippen molar-refractivity contribution in [1.29, 1.82) is 0 Å². The Morgan fingerprint density at radius 2 is 2.25 bits per heavy atom. The molecule has 0 fully saturated rings. The number of aliphatic hydroxyl groups is 1. The number of carbonyl (C=O) groups is 1. The summed E-state index contributed by atoms with van der Waals surface area (Å²) in [4.78, 5) is 9.76. The molecule has 46 valence electrons. The van der Waals surface area contributed by atoms with E-state index in [0.717, 1.165) is 0 Å². The van der Waals surface area contributed by atoms with Gasteiger partial charge in [-0.3, -0.25) is 0 Å². The van der Waals surface area contributed by atoms with E-state index in [1.165, 1.54) is 0 Å². The monoisotopic (exact) mass is 146 g/mol. The molecule has 0 aromatic rings. The van der Waals surface area contributed by atoms with Crippen molar-refractivity contribution >= 4 is 43.8 Å². The molecule has 4 nitrogen and oxygen atoms in total. The molecular formula is C3H10CaN2O2. The molecule has 0 aliphatic heterocycles. The summed E-state index contributed by atoms with van der Waals surface area (Å²) in [5, 5.41) is 10.2. The molecule has 0 bridgehead atoms. The van der Waals surface area contributed by atoms with Crippen LogP contribution in [0.25, 0.3) is 0 Å². The van der Waals surface area contributed by atoms with Gasteiger partial charge < -0.3 is 16.2 Å². The van der Waals surface area contributed by atoms with Crippen molar-refractivity contribution in [2.75, 3.05) is 13.2 Å². The fourth-order valence-electron chi connectivity index (χ4n) is 0.179. The molecule has 8 heavy (non-hydrogen) atoms. The molecule has 0 atom stereocenters. The van der Waals surface area contributed by atoms with Crippen molar-refractivity contribution in [3.63, 3.8) is 0 Å². The van der Waals surface area contributed by atoms with E-state index in [2.05, 4.69) is 11.1 Å². The third-order valence-corrected chi connectivity index (χ3v) is 0.411. The van der Waals surface area contributed by atoms with Gasteiger partial charge in [0, 0.05) is 6.54 Å². The maximum absolute atomic E-state index is 9.76. The second kappa shape index (κ2) is 7.49. The Labute approximate surface area is 77.4 Å². The predicted octanol–water partition coefficient (Wildman–Crippen LogP) is -2.27. The first kappa shape index (κ1) is 11.3. The van der Waals surface area contributed by atoms with Gasteiger partial charge in [-0.1, -0.05) is 0 Å². The molecule has 0 saturated heterocycles. The van der Waals surface area contributed by atoms with Gasteiger partial charge in [0.15, 0.2) is 0 Å². The second-order valence-corrected chi connectivity index (χ2v) is 1.01. The van der Waals surface area contributed by atoms with E-state index < -0.39 is 6.03 Å². The molecule has 0 aliphatic carbocycles. The molecular weight excluding hydrogens is 136 g/mol. The Kier molecular flexibility index (Phi) is 10.6. The van der Waals surface area contributed by atoms with Crippen LogP contribution in [0.5, 0.6) is 0 Å². The van der Waals surface area contributed by atoms with Crippen LogP contribution in [0.3, 0.4) is 0 Å². The molecule has 0 aromatic carbocycles. The Morgan fingerprint density at radius 1 is 1.75 bits per heavy atom. The number of carbonyl (C=O) groups excluding carboxylic acids is 1. The van der Waals surface area contributed by atoms with Crippen LogP contribution >= 0.6 is 0 Å². The number of rotatable bonds is 2. The Bertz CT molecular complexity index is 68.3. The van der Waals surface area contributed by atoms with E-state index >= 15 is 0 Å². The number of urea groups is 1. The van der Waals surface area contributed by atoms with Crippen LogP contribution in [0.15, 0.2) is 0 Å². The van der Waals surface area contributed by atoms with Crippen LogP contribution in [-0.4, -0.2) is 62.0 Å². The average Bonchev–Trinajstić information content (AvgIpc) is 1.61. The number of hydrogen-bond donors (Lipinski definition) is 3. The van der Waals surface area contributed by atoms with E-state index in [9.17, 15) is 4.79 Å². The van der Waals surface area contributed by atoms with Crippen LogP contribution < -0.4 is 11.1 Å². The van der Waals surface area contributed by atoms with Crippen molar-refractivity contribution in [2.45, 2.75) is 0 Å². The first-order valence-electron chi connectivity index (χ1n) is 1.91. The van der Waals surface area contributed by atoms with E-state index in [0.29, 0.717) is 0 Å². The van der Waals surface area contributed by atoms with Crippen molar-refractivity contribution in [3.05, 3.63) is 0 Å². The molecule has 2 amide bonds. The molecule has 5 heteroatoms. The summed E-state index contributed by atoms with van der Waals surface area (Å²) in [5.74, 6) is 0. The summed E-state index contributed by atoms with van der Waals surface area (Å²) in [6.45, 7) is 0.165. The third-order valence-electron chi connectivity index (χ3n) is 0.411. The maximum atomic E-state index is 9.76. The fourth-order valence-corrected chi connectivity index (χ4v) is 0.179. The van der Waals surface area contributed by atoms with E-state index in [4.69, 9.17) is 5.11 Å². The number of primary amides is 1. The molecule has 0 aliphatic rings. The molecule has 0 heterocycles. The van der Waals surface area contributed by atoms with E-state index in [-0.39, 0.29) is 50.9 Å². The van der Waals surface area contributed by atoms with Gasteiger partial charge in [-0.05, 0) is 0 Å². The van der Waals surface area contributed by atoms with Crippen molar-refractivity contribution < 1.29 is 9.90 Å². The molecule has 0 rings (SSSR count). The standard InChI is InChI=1S/C3H8N2O2.Ca.2H/c4-3(7)5-1-2-6;;;/h6H,1-2H2,(H3,4,5,7);;;. The van der Waals surface area contributed by atoms with Crippen molar-refractivity contribution in [3.8, 4) is 0 Å². The Hall–Kier alpha value is 0.490. The molecule has 4 N–H and O–H groups in total. The van der Waals surface area contributed by atoms with E-state index in [1.54, 1.807) is 0 Å². The summed E-state index contributed by atoms with van der Waals surface area (Å²) in [5.41, 5.74) is 4.62. The molecule has 0 aromatic heterocycles. The summed E-state index contributed by atoms with van der Waals surface area (Å²) < 4.78 is 0. The first-order valence-corrected chi connectivity index (χ1v) is 1.91. The van der Waals surface area contributed by atoms with Crippen molar-refractivity contribution in [1.82, 2.24) is 5.32 Å². The molecule has 0 spiro atoms. The Balaban J connectivity index is 0. The number of nitrogens with two attached hydrogens (primary N) is 1. The number of hydrogen-bond acceptors (Lipinski definition) is 2. The number of nitrogens with one attached hydrogen (secondary N) is 1. The fraction of sp³-hybridized carbons (Fsp3) is 0.667. The van der Waals surface area contributed by atoms with Gasteiger partial charge in [0.25, 0.3) is 0 Å². The minimum atomic E-state index is -0.603. The van der Waals surface area contributed by atoms with Crippen LogP contribution in [0.1, 0.15) is 0 Å². The summed E-state index contributed by atoms with van der Waals surface area (Å²) >= 11 is 0. The first-order chi connectivity index (χ1) is 3.27. The number of aliphatic hydroxyl groups excluding tert-OH is 1. The van der Waals surface area contributed by atoms with Gasteiger partial charge >= 0.3 is 43.8 Å². The zero-order chi connectivity index (χ0) is 5.70. The number of amides is 2. The van der Waals surface area contributed by atoms with Crippen LogP contribution in [-0.2, 0) is 0 Å². The molecule has 0 unspecified atom stereocenters. The van der Waals surface area contributed by atoms with Gasteiger partial charge in [0.05, 0.1) is 6.61 Å². The molecule has 0 radical (unpaired) electrons. The normalized spacial score (nSPS) is 7.12. The summed E-state index contributed by atoms with van der Waals surface area (Å²) in [6.07, 6.45) is 0. The second-order valence-electron chi connectivity index (χ2n) is 1.01. The average molecular weight is 146 g/mol. The SMILES string of the molecule is NC(=O)NCCO.[CaH2]. The quantitative estimate of drug-likeness (QED) is 0.384. The van der Waals surface area contributed by atoms with Crippen LogP contribution in [0, 0.1) is 0 Å². The van der Waals surface area contributed by atoms with Gasteiger partial charge in [-0.15, -0.1) is 0 Å². The minimum absolute atomic E-state index is 0. The topological polar surface area (TPSA) is 75.4 Å². The zero-order valence-electron chi connectivity index (χ0n) is 3.85. The van der Waals surface area contributed by atoms with Gasteiger partial charge in [-0.2, -0.15) is 0 Å². The zero-order valence-corrected chi connectivity index (χ0v) is 3.85. The van der Waals surface area contributed by atoms with E-state index in [1.807, 2.05) is 0 Å². The van der Waals surface area contributed by atoms with Crippen LogP contribution in [0.2, 0.25) is 0 Å². The van der Waals surface area contributed by atoms with Gasteiger partial charge in [0.1, 0.15) is 0 Å². The van der Waals surface area contributed by atoms with Gasteiger partial charge in [0.2, 0.25) is 0 Å². The van der Waals surface area contributed by atoms with Gasteiger partial charge in [-0.25, -0.2) is 4.79 Å². The predicted molar refractivity (Wildman–Crippen MR) is 33.2 cm³/mol. The third kappa shape index (κ3) is 9.70. The summed E-state index contributed by atoms with van der Waals surface area (Å²) in [7, 11) is 0. The summed E-state index contributed by atoms with van der Waals surface area (Å²) in [6, 6.07) is -0.603. The van der Waals surface area contributed by atoms with Crippen molar-refractivity contribution in [2.24, 2.45) is 5.73 Å². The van der Waals surface area contributed by atoms with Crippen LogP contribution in [0.4, 0.5) is 4.79 Å². The Morgan fingerprint density at radius 3 is 2.38 bits per heavy atom.